The van der Waals surface area contributed by atoms with Gasteiger partial charge in [0.2, 0.25) is 0 Å². The third-order valence-corrected chi connectivity index (χ3v) is 5.56. The van der Waals surface area contributed by atoms with Crippen LogP contribution in [0.5, 0.6) is 0 Å². The Kier molecular flexibility index (Phi) is 3.87. The largest absolute Gasteiger partial charge is 0.329 e. The van der Waals surface area contributed by atoms with Gasteiger partial charge in [-0.1, -0.05) is 19.3 Å². The maximum absolute atomic E-state index is 6.11. The van der Waals surface area contributed by atoms with Crippen molar-refractivity contribution in [2.45, 2.75) is 56.2 Å². The highest BCUT2D eigenvalue weighted by Gasteiger charge is 2.40. The average Bonchev–Trinajstić information content (AvgIpc) is 2.29. The van der Waals surface area contributed by atoms with Crippen LogP contribution in [0.3, 0.4) is 0 Å². The van der Waals surface area contributed by atoms with E-state index in [4.69, 9.17) is 5.73 Å². The molecule has 2 fully saturated rings. The molecule has 1 saturated heterocycles. The van der Waals surface area contributed by atoms with E-state index >= 15 is 0 Å². The molecule has 0 unspecified atom stereocenters. The van der Waals surface area contributed by atoms with E-state index in [1.54, 1.807) is 0 Å². The van der Waals surface area contributed by atoms with Gasteiger partial charge in [0.15, 0.2) is 0 Å². The Morgan fingerprint density at radius 1 is 1.19 bits per heavy atom. The Bertz CT molecular complexity index is 234. The molecule has 0 amide bonds. The summed E-state index contributed by atoms with van der Waals surface area (Å²) >= 11 is 2.11. The summed E-state index contributed by atoms with van der Waals surface area (Å²) in [7, 11) is 0. The lowest BCUT2D eigenvalue weighted by Crippen LogP contribution is -2.60. The van der Waals surface area contributed by atoms with Crippen molar-refractivity contribution in [3.63, 3.8) is 0 Å². The van der Waals surface area contributed by atoms with Crippen molar-refractivity contribution in [2.75, 3.05) is 25.4 Å². The van der Waals surface area contributed by atoms with Crippen molar-refractivity contribution in [1.29, 1.82) is 0 Å². The quantitative estimate of drug-likeness (QED) is 0.806. The highest BCUT2D eigenvalue weighted by molar-refractivity contribution is 8.00. The maximum Gasteiger partial charge on any atom is 0.0332 e. The molecule has 94 valence electrons. The summed E-state index contributed by atoms with van der Waals surface area (Å²) < 4.78 is 0.415. The van der Waals surface area contributed by atoms with Gasteiger partial charge in [-0.2, -0.15) is 11.8 Å². The molecule has 1 heterocycles. The second kappa shape index (κ2) is 4.87. The van der Waals surface area contributed by atoms with Gasteiger partial charge in [-0.3, -0.25) is 4.90 Å². The van der Waals surface area contributed by atoms with E-state index in [2.05, 4.69) is 30.5 Å². The first-order valence-corrected chi connectivity index (χ1v) is 7.66. The average molecular weight is 242 g/mol. The molecule has 0 atom stereocenters. The molecule has 1 aliphatic heterocycles. The van der Waals surface area contributed by atoms with E-state index in [-0.39, 0.29) is 0 Å². The molecule has 3 heteroatoms. The first kappa shape index (κ1) is 12.7. The summed E-state index contributed by atoms with van der Waals surface area (Å²) in [4.78, 5) is 2.71. The van der Waals surface area contributed by atoms with Gasteiger partial charge in [0, 0.05) is 35.7 Å². The van der Waals surface area contributed by atoms with Crippen molar-refractivity contribution >= 4 is 11.8 Å². The predicted molar refractivity (Wildman–Crippen MR) is 73.0 cm³/mol. The molecule has 0 spiro atoms. The monoisotopic (exact) mass is 242 g/mol. The highest BCUT2D eigenvalue weighted by atomic mass is 32.2. The third kappa shape index (κ3) is 2.57. The Balaban J connectivity index is 2.08. The second-order valence-corrected chi connectivity index (χ2v) is 7.82. The summed E-state index contributed by atoms with van der Waals surface area (Å²) in [6, 6.07) is 0. The molecule has 2 nitrogen and oxygen atoms in total. The van der Waals surface area contributed by atoms with E-state index in [1.807, 2.05) is 0 Å². The van der Waals surface area contributed by atoms with E-state index in [0.29, 0.717) is 10.3 Å². The number of hydrogen-bond acceptors (Lipinski definition) is 3. The molecule has 1 saturated carbocycles. The van der Waals surface area contributed by atoms with Gasteiger partial charge in [-0.05, 0) is 26.7 Å². The minimum absolute atomic E-state index is 0.344. The third-order valence-electron chi connectivity index (χ3n) is 4.26. The zero-order valence-corrected chi connectivity index (χ0v) is 11.6. The van der Waals surface area contributed by atoms with Crippen LogP contribution in [-0.2, 0) is 0 Å². The van der Waals surface area contributed by atoms with E-state index in [0.717, 1.165) is 6.54 Å². The molecule has 2 N–H and O–H groups in total. The molecule has 0 radical (unpaired) electrons. The van der Waals surface area contributed by atoms with Crippen LogP contribution in [0, 0.1) is 0 Å². The fraction of sp³-hybridized carbons (Fsp3) is 1.00. The maximum atomic E-state index is 6.11. The van der Waals surface area contributed by atoms with Crippen LogP contribution < -0.4 is 5.73 Å². The molecule has 0 aromatic rings. The molecule has 2 aliphatic rings. The number of hydrogen-bond donors (Lipinski definition) is 1. The van der Waals surface area contributed by atoms with Gasteiger partial charge < -0.3 is 5.73 Å². The van der Waals surface area contributed by atoms with Crippen LogP contribution in [0.1, 0.15) is 46.0 Å². The Morgan fingerprint density at radius 2 is 1.88 bits per heavy atom. The first-order chi connectivity index (χ1) is 7.58. The van der Waals surface area contributed by atoms with Gasteiger partial charge in [0.25, 0.3) is 0 Å². The smallest absolute Gasteiger partial charge is 0.0332 e. The van der Waals surface area contributed by atoms with Gasteiger partial charge in [0.1, 0.15) is 0 Å². The standard InChI is InChI=1S/C13H26N2S/c1-12(2)11-15(8-9-16-12)13(10-14)6-4-3-5-7-13/h3-11,14H2,1-2H3. The van der Waals surface area contributed by atoms with E-state index in [1.165, 1.54) is 50.9 Å². The lowest BCUT2D eigenvalue weighted by atomic mass is 9.79. The Hall–Kier alpha value is 0.270. The zero-order chi connectivity index (χ0) is 11.6. The fourth-order valence-electron chi connectivity index (χ4n) is 3.28. The summed E-state index contributed by atoms with van der Waals surface area (Å²) in [6.07, 6.45) is 6.81. The minimum atomic E-state index is 0.344. The Morgan fingerprint density at radius 3 is 2.44 bits per heavy atom. The van der Waals surface area contributed by atoms with Crippen LogP contribution in [0.4, 0.5) is 0 Å². The second-order valence-electron chi connectivity index (χ2n) is 6.02. The SMILES string of the molecule is CC1(C)CN(C2(CN)CCCCC2)CCS1. The number of nitrogens with two attached hydrogens (primary N) is 1. The normalized spacial score (nSPS) is 30.2. The Labute approximate surface area is 104 Å². The summed E-state index contributed by atoms with van der Waals surface area (Å²) in [5.74, 6) is 1.27. The number of rotatable bonds is 2. The summed E-state index contributed by atoms with van der Waals surface area (Å²) in [5, 5.41) is 0. The van der Waals surface area contributed by atoms with Gasteiger partial charge >= 0.3 is 0 Å². The molecule has 0 bridgehead atoms. The molecule has 0 aromatic heterocycles. The van der Waals surface area contributed by atoms with Crippen molar-refractivity contribution in [2.24, 2.45) is 5.73 Å². The van der Waals surface area contributed by atoms with Gasteiger partial charge in [-0.15, -0.1) is 0 Å². The molecule has 2 rings (SSSR count). The van der Waals surface area contributed by atoms with Gasteiger partial charge in [0.05, 0.1) is 0 Å². The summed E-state index contributed by atoms with van der Waals surface area (Å²) in [6.45, 7) is 8.06. The molecule has 1 aliphatic carbocycles. The highest BCUT2D eigenvalue weighted by Crippen LogP contribution is 2.38. The number of nitrogens with zero attached hydrogens (tertiary/aromatic N) is 1. The van der Waals surface area contributed by atoms with Crippen LogP contribution in [0.25, 0.3) is 0 Å². The molecule has 0 aromatic carbocycles. The van der Waals surface area contributed by atoms with Crippen molar-refractivity contribution in [3.05, 3.63) is 0 Å². The van der Waals surface area contributed by atoms with Crippen LogP contribution >= 0.6 is 11.8 Å². The fourth-order valence-corrected chi connectivity index (χ4v) is 4.39. The van der Waals surface area contributed by atoms with Crippen LogP contribution in [-0.4, -0.2) is 40.6 Å². The predicted octanol–water partition coefficient (Wildman–Crippen LogP) is 2.48. The first-order valence-electron chi connectivity index (χ1n) is 6.67. The lowest BCUT2D eigenvalue weighted by Gasteiger charge is -2.51. The van der Waals surface area contributed by atoms with Crippen molar-refractivity contribution in [1.82, 2.24) is 4.90 Å². The molecular formula is C13H26N2S. The zero-order valence-electron chi connectivity index (χ0n) is 10.8. The van der Waals surface area contributed by atoms with Crippen LogP contribution in [0.15, 0.2) is 0 Å². The molecule has 16 heavy (non-hydrogen) atoms. The molecular weight excluding hydrogens is 216 g/mol. The van der Waals surface area contributed by atoms with E-state index < -0.39 is 0 Å². The minimum Gasteiger partial charge on any atom is -0.329 e. The number of thioether (sulfide) groups is 1. The van der Waals surface area contributed by atoms with Gasteiger partial charge in [-0.25, -0.2) is 0 Å². The topological polar surface area (TPSA) is 29.3 Å². The lowest BCUT2D eigenvalue weighted by molar-refractivity contribution is 0.0528. The van der Waals surface area contributed by atoms with Crippen molar-refractivity contribution < 1.29 is 0 Å². The van der Waals surface area contributed by atoms with E-state index in [9.17, 15) is 0 Å². The summed E-state index contributed by atoms with van der Waals surface area (Å²) in [5.41, 5.74) is 6.45. The van der Waals surface area contributed by atoms with Crippen LogP contribution in [0.2, 0.25) is 0 Å². The van der Waals surface area contributed by atoms with Crippen molar-refractivity contribution in [3.8, 4) is 0 Å².